The number of rotatable bonds is 4. The molecule has 5 nitrogen and oxygen atoms in total. The van der Waals surface area contributed by atoms with E-state index >= 15 is 0 Å². The molecule has 0 bridgehead atoms. The van der Waals surface area contributed by atoms with Gasteiger partial charge < -0.3 is 10.2 Å². The lowest BCUT2D eigenvalue weighted by molar-refractivity contribution is -0.135. The quantitative estimate of drug-likeness (QED) is 0.785. The van der Waals surface area contributed by atoms with Gasteiger partial charge in [-0.25, -0.2) is 0 Å². The number of carbonyl (C=O) groups is 1. The normalized spacial score (nSPS) is 21.4. The summed E-state index contributed by atoms with van der Waals surface area (Å²) in [4.78, 5) is 13.9. The SMILES string of the molecule is CCC1NCCN(CCn2cccn2)C1=O. The number of hydrogen-bond acceptors (Lipinski definition) is 3. The Kier molecular flexibility index (Phi) is 3.56. The third-order valence-electron chi connectivity index (χ3n) is 2.95. The van der Waals surface area contributed by atoms with Gasteiger partial charge in [-0.15, -0.1) is 0 Å². The van der Waals surface area contributed by atoms with Crippen LogP contribution >= 0.6 is 0 Å². The largest absolute Gasteiger partial charge is 0.338 e. The minimum atomic E-state index is 0.00590. The zero-order valence-corrected chi connectivity index (χ0v) is 9.59. The highest BCUT2D eigenvalue weighted by molar-refractivity contribution is 5.82. The van der Waals surface area contributed by atoms with Crippen molar-refractivity contribution < 1.29 is 4.79 Å². The molecule has 0 aromatic carbocycles. The van der Waals surface area contributed by atoms with Crippen LogP contribution in [-0.4, -0.2) is 46.3 Å². The molecule has 0 saturated carbocycles. The Morgan fingerprint density at radius 1 is 1.56 bits per heavy atom. The van der Waals surface area contributed by atoms with Gasteiger partial charge in [-0.1, -0.05) is 6.92 Å². The van der Waals surface area contributed by atoms with Crippen LogP contribution in [0.5, 0.6) is 0 Å². The summed E-state index contributed by atoms with van der Waals surface area (Å²) >= 11 is 0. The molecule has 1 amide bonds. The maximum absolute atomic E-state index is 11.9. The summed E-state index contributed by atoms with van der Waals surface area (Å²) in [7, 11) is 0. The molecule has 5 heteroatoms. The van der Waals surface area contributed by atoms with Gasteiger partial charge in [0.2, 0.25) is 5.91 Å². The van der Waals surface area contributed by atoms with Crippen LogP contribution in [0.2, 0.25) is 0 Å². The fraction of sp³-hybridized carbons (Fsp3) is 0.636. The fourth-order valence-electron chi connectivity index (χ4n) is 1.99. The van der Waals surface area contributed by atoms with Crippen molar-refractivity contribution in [2.45, 2.75) is 25.9 Å². The number of piperazine rings is 1. The smallest absolute Gasteiger partial charge is 0.239 e. The van der Waals surface area contributed by atoms with E-state index in [1.807, 2.05) is 28.8 Å². The first-order valence-electron chi connectivity index (χ1n) is 5.81. The van der Waals surface area contributed by atoms with Crippen molar-refractivity contribution in [1.29, 1.82) is 0 Å². The lowest BCUT2D eigenvalue weighted by Gasteiger charge is -2.32. The van der Waals surface area contributed by atoms with Crippen molar-refractivity contribution in [2.24, 2.45) is 0 Å². The Morgan fingerprint density at radius 2 is 2.44 bits per heavy atom. The van der Waals surface area contributed by atoms with Gasteiger partial charge in [-0.2, -0.15) is 5.10 Å². The summed E-state index contributed by atoms with van der Waals surface area (Å²) in [5.41, 5.74) is 0. The third-order valence-corrected chi connectivity index (χ3v) is 2.95. The molecular formula is C11H18N4O. The first-order chi connectivity index (χ1) is 7.81. The van der Waals surface area contributed by atoms with Crippen LogP contribution in [-0.2, 0) is 11.3 Å². The Morgan fingerprint density at radius 3 is 3.12 bits per heavy atom. The van der Waals surface area contributed by atoms with Crippen molar-refractivity contribution in [3.05, 3.63) is 18.5 Å². The first-order valence-corrected chi connectivity index (χ1v) is 5.81. The van der Waals surface area contributed by atoms with E-state index < -0.39 is 0 Å². The van der Waals surface area contributed by atoms with E-state index in [0.717, 1.165) is 32.6 Å². The summed E-state index contributed by atoms with van der Waals surface area (Å²) < 4.78 is 1.86. The van der Waals surface area contributed by atoms with Crippen molar-refractivity contribution in [1.82, 2.24) is 20.0 Å². The molecule has 1 aliphatic heterocycles. The van der Waals surface area contributed by atoms with Gasteiger partial charge in [-0.05, 0) is 12.5 Å². The monoisotopic (exact) mass is 222 g/mol. The van der Waals surface area contributed by atoms with Gasteiger partial charge in [0.1, 0.15) is 0 Å². The van der Waals surface area contributed by atoms with Crippen molar-refractivity contribution in [3.8, 4) is 0 Å². The second-order valence-electron chi connectivity index (χ2n) is 4.01. The Bertz CT molecular complexity index is 336. The summed E-state index contributed by atoms with van der Waals surface area (Å²) in [6.45, 7) is 5.25. The third kappa shape index (κ3) is 2.41. The lowest BCUT2D eigenvalue weighted by atomic mass is 10.1. The molecule has 1 aromatic heterocycles. The van der Waals surface area contributed by atoms with Crippen LogP contribution in [0.25, 0.3) is 0 Å². The van der Waals surface area contributed by atoms with Gasteiger partial charge >= 0.3 is 0 Å². The molecule has 0 aliphatic carbocycles. The average molecular weight is 222 g/mol. The number of aromatic nitrogens is 2. The molecule has 1 aromatic rings. The molecule has 1 saturated heterocycles. The number of nitrogens with zero attached hydrogens (tertiary/aromatic N) is 3. The van der Waals surface area contributed by atoms with E-state index in [1.54, 1.807) is 6.20 Å². The van der Waals surface area contributed by atoms with Crippen molar-refractivity contribution in [2.75, 3.05) is 19.6 Å². The molecular weight excluding hydrogens is 204 g/mol. The molecule has 1 unspecified atom stereocenters. The molecule has 0 radical (unpaired) electrons. The van der Waals surface area contributed by atoms with Gasteiger partial charge in [0.25, 0.3) is 0 Å². The fourth-order valence-corrected chi connectivity index (χ4v) is 1.99. The van der Waals surface area contributed by atoms with Crippen LogP contribution in [0, 0.1) is 0 Å². The van der Waals surface area contributed by atoms with Crippen LogP contribution in [0.15, 0.2) is 18.5 Å². The summed E-state index contributed by atoms with van der Waals surface area (Å²) in [5.74, 6) is 0.223. The van der Waals surface area contributed by atoms with Crippen molar-refractivity contribution in [3.63, 3.8) is 0 Å². The van der Waals surface area contributed by atoms with Gasteiger partial charge in [0.05, 0.1) is 12.6 Å². The summed E-state index contributed by atoms with van der Waals surface area (Å²) in [6.07, 6.45) is 4.54. The standard InChI is InChI=1S/C11H18N4O/c1-2-10-11(16)14(7-5-12-10)8-9-15-6-3-4-13-15/h3-4,6,10,12H,2,5,7-9H2,1H3. The summed E-state index contributed by atoms with van der Waals surface area (Å²) in [5, 5.41) is 7.36. The van der Waals surface area contributed by atoms with E-state index in [1.165, 1.54) is 0 Å². The van der Waals surface area contributed by atoms with Crippen molar-refractivity contribution >= 4 is 5.91 Å². The van der Waals surface area contributed by atoms with Gasteiger partial charge in [0, 0.05) is 32.0 Å². The number of carbonyl (C=O) groups excluding carboxylic acids is 1. The lowest BCUT2D eigenvalue weighted by Crippen LogP contribution is -2.55. The molecule has 2 rings (SSSR count). The van der Waals surface area contributed by atoms with E-state index in [4.69, 9.17) is 0 Å². The predicted molar refractivity (Wildman–Crippen MR) is 60.9 cm³/mol. The van der Waals surface area contributed by atoms with Crippen LogP contribution in [0.3, 0.4) is 0 Å². The van der Waals surface area contributed by atoms with Gasteiger partial charge in [-0.3, -0.25) is 9.48 Å². The molecule has 1 N–H and O–H groups in total. The first kappa shape index (κ1) is 11.1. The number of nitrogens with one attached hydrogen (secondary N) is 1. The maximum Gasteiger partial charge on any atom is 0.239 e. The topological polar surface area (TPSA) is 50.2 Å². The van der Waals surface area contributed by atoms with Crippen LogP contribution in [0.4, 0.5) is 0 Å². The van der Waals surface area contributed by atoms with Crippen LogP contribution in [0.1, 0.15) is 13.3 Å². The second kappa shape index (κ2) is 5.12. The maximum atomic E-state index is 11.9. The zero-order chi connectivity index (χ0) is 11.4. The Labute approximate surface area is 95.4 Å². The molecule has 1 atom stereocenters. The van der Waals surface area contributed by atoms with E-state index in [9.17, 15) is 4.79 Å². The molecule has 1 fully saturated rings. The van der Waals surface area contributed by atoms with Crippen LogP contribution < -0.4 is 5.32 Å². The minimum absolute atomic E-state index is 0.00590. The highest BCUT2D eigenvalue weighted by atomic mass is 16.2. The average Bonchev–Trinajstić information content (AvgIpc) is 2.81. The zero-order valence-electron chi connectivity index (χ0n) is 9.59. The summed E-state index contributed by atoms with van der Waals surface area (Å²) in [6, 6.07) is 1.90. The highest BCUT2D eigenvalue weighted by Crippen LogP contribution is 2.04. The second-order valence-corrected chi connectivity index (χ2v) is 4.01. The Hall–Kier alpha value is -1.36. The van der Waals surface area contributed by atoms with Gasteiger partial charge in [0.15, 0.2) is 0 Å². The van der Waals surface area contributed by atoms with E-state index in [0.29, 0.717) is 0 Å². The highest BCUT2D eigenvalue weighted by Gasteiger charge is 2.26. The molecule has 2 heterocycles. The molecule has 0 spiro atoms. The molecule has 16 heavy (non-hydrogen) atoms. The predicted octanol–water partition coefficient (Wildman–Crippen LogP) is 0.0935. The minimum Gasteiger partial charge on any atom is -0.338 e. The molecule has 88 valence electrons. The van der Waals surface area contributed by atoms with E-state index in [-0.39, 0.29) is 11.9 Å². The van der Waals surface area contributed by atoms with E-state index in [2.05, 4.69) is 10.4 Å². The number of amides is 1. The number of hydrogen-bond donors (Lipinski definition) is 1. The Balaban J connectivity index is 1.87. The molecule has 1 aliphatic rings.